The largest absolute Gasteiger partial charge is 0.462 e. The van der Waals surface area contributed by atoms with E-state index in [-0.39, 0.29) is 5.97 Å². The zero-order valence-corrected chi connectivity index (χ0v) is 16.9. The first-order chi connectivity index (χ1) is 14.1. The third-order valence-electron chi connectivity index (χ3n) is 4.28. The highest BCUT2D eigenvalue weighted by Crippen LogP contribution is 2.21. The summed E-state index contributed by atoms with van der Waals surface area (Å²) in [6.07, 6.45) is 7.68. The van der Waals surface area contributed by atoms with Crippen molar-refractivity contribution in [1.29, 1.82) is 0 Å². The molecule has 0 atom stereocenters. The smallest absolute Gasteiger partial charge is 0.339 e. The molecule has 0 saturated carbocycles. The summed E-state index contributed by atoms with van der Waals surface area (Å²) < 4.78 is 7.25. The molecule has 3 rings (SSSR count). The van der Waals surface area contributed by atoms with E-state index >= 15 is 0 Å². The maximum absolute atomic E-state index is 12.5. The van der Waals surface area contributed by atoms with Gasteiger partial charge in [-0.2, -0.15) is 10.2 Å². The van der Waals surface area contributed by atoms with Crippen LogP contribution in [0, 0.1) is 0 Å². The van der Waals surface area contributed by atoms with E-state index in [1.54, 1.807) is 30.7 Å². The number of thiophene rings is 1. The first-order valence-electron chi connectivity index (χ1n) is 9.13. The normalized spacial score (nSPS) is 11.5. The fraction of sp³-hybridized carbons (Fsp3) is 0.190. The quantitative estimate of drug-likeness (QED) is 0.258. The van der Waals surface area contributed by atoms with Crippen LogP contribution >= 0.6 is 11.3 Å². The monoisotopic (exact) mass is 409 g/mol. The Labute approximate surface area is 173 Å². The summed E-state index contributed by atoms with van der Waals surface area (Å²) in [6.45, 7) is 2.79. The number of benzene rings is 1. The van der Waals surface area contributed by atoms with Crippen LogP contribution in [-0.2, 0) is 17.7 Å². The second kappa shape index (κ2) is 9.70. The molecule has 0 bridgehead atoms. The van der Waals surface area contributed by atoms with E-state index in [9.17, 15) is 4.79 Å². The third-order valence-corrected chi connectivity index (χ3v) is 5.28. The topological polar surface area (TPSA) is 108 Å². The maximum atomic E-state index is 12.5. The molecule has 8 heteroatoms. The molecule has 0 radical (unpaired) electrons. The molecule has 4 N–H and O–H groups in total. The van der Waals surface area contributed by atoms with Gasteiger partial charge >= 0.3 is 5.97 Å². The second-order valence-electron chi connectivity index (χ2n) is 6.37. The van der Waals surface area contributed by atoms with Gasteiger partial charge in [0.15, 0.2) is 0 Å². The zero-order valence-electron chi connectivity index (χ0n) is 16.1. The highest BCUT2D eigenvalue weighted by atomic mass is 32.1. The molecular formula is C21H23N5O2S. The lowest BCUT2D eigenvalue weighted by Gasteiger charge is -2.04. The molecule has 2 heterocycles. The first kappa shape index (κ1) is 20.3. The minimum Gasteiger partial charge on any atom is -0.462 e. The van der Waals surface area contributed by atoms with E-state index in [0.717, 1.165) is 26.4 Å². The lowest BCUT2D eigenvalue weighted by molar-refractivity contribution is 0.0525. The Bertz CT molecular complexity index is 1020. The number of nitrogens with two attached hydrogens (primary N) is 2. The van der Waals surface area contributed by atoms with E-state index < -0.39 is 0 Å². The van der Waals surface area contributed by atoms with E-state index in [1.165, 1.54) is 0 Å². The highest BCUT2D eigenvalue weighted by Gasteiger charge is 2.16. The average molecular weight is 410 g/mol. The van der Waals surface area contributed by atoms with Gasteiger partial charge in [-0.1, -0.05) is 24.3 Å². The minimum atomic E-state index is -0.310. The van der Waals surface area contributed by atoms with Crippen LogP contribution in [0.15, 0.2) is 59.0 Å². The maximum Gasteiger partial charge on any atom is 0.339 e. The van der Waals surface area contributed by atoms with E-state index in [4.69, 9.17) is 16.4 Å². The van der Waals surface area contributed by atoms with Crippen LogP contribution in [0.5, 0.6) is 0 Å². The zero-order chi connectivity index (χ0) is 20.6. The van der Waals surface area contributed by atoms with Crippen molar-refractivity contribution >= 4 is 29.7 Å². The molecule has 0 aliphatic rings. The number of rotatable bonds is 8. The van der Waals surface area contributed by atoms with Crippen LogP contribution in [0.25, 0.3) is 0 Å². The van der Waals surface area contributed by atoms with Crippen LogP contribution in [0.3, 0.4) is 0 Å². The van der Waals surface area contributed by atoms with Crippen molar-refractivity contribution in [3.8, 4) is 0 Å². The minimum absolute atomic E-state index is 0.310. The molecule has 29 heavy (non-hydrogen) atoms. The lowest BCUT2D eigenvalue weighted by Crippen LogP contribution is -2.06. The molecule has 0 spiro atoms. The van der Waals surface area contributed by atoms with Gasteiger partial charge in [0.2, 0.25) is 0 Å². The second-order valence-corrected chi connectivity index (χ2v) is 7.57. The van der Waals surface area contributed by atoms with Gasteiger partial charge in [0.25, 0.3) is 0 Å². The van der Waals surface area contributed by atoms with Crippen LogP contribution in [-0.4, -0.2) is 29.6 Å². The van der Waals surface area contributed by atoms with Crippen molar-refractivity contribution in [2.24, 2.45) is 21.9 Å². The Morgan fingerprint density at radius 1 is 1.10 bits per heavy atom. The molecule has 0 amide bonds. The lowest BCUT2D eigenvalue weighted by atomic mass is 10.0. The molecule has 0 unspecified atom stereocenters. The Morgan fingerprint density at radius 2 is 1.86 bits per heavy atom. The molecule has 3 aromatic rings. The Hall–Kier alpha value is -3.39. The number of esters is 1. The van der Waals surface area contributed by atoms with Crippen LogP contribution < -0.4 is 11.7 Å². The highest BCUT2D eigenvalue weighted by molar-refractivity contribution is 7.13. The predicted octanol–water partition coefficient (Wildman–Crippen LogP) is 2.95. The van der Waals surface area contributed by atoms with Gasteiger partial charge in [-0.3, -0.25) is 0 Å². The molecule has 0 aliphatic carbocycles. The fourth-order valence-electron chi connectivity index (χ4n) is 3.01. The number of hydrogen-bond donors (Lipinski definition) is 2. The van der Waals surface area contributed by atoms with Crippen molar-refractivity contribution in [3.05, 3.63) is 80.8 Å². The molecule has 0 saturated heterocycles. The third kappa shape index (κ3) is 5.32. The molecule has 7 nitrogen and oxygen atoms in total. The number of aromatic nitrogens is 1. The summed E-state index contributed by atoms with van der Waals surface area (Å²) in [4.78, 5) is 14.6. The first-order valence-corrected chi connectivity index (χ1v) is 9.94. The van der Waals surface area contributed by atoms with Crippen molar-refractivity contribution < 1.29 is 9.53 Å². The fourth-order valence-corrected chi connectivity index (χ4v) is 3.91. The SMILES string of the molecule is CCOC(=O)c1cn(Cc2ccc(/C=N\N)s2)cc1Cc1ccc(/C=N\N)cc1. The molecule has 0 fully saturated rings. The van der Waals surface area contributed by atoms with Gasteiger partial charge in [-0.15, -0.1) is 11.3 Å². The van der Waals surface area contributed by atoms with Gasteiger partial charge in [0.05, 0.1) is 31.1 Å². The summed E-state index contributed by atoms with van der Waals surface area (Å²) in [5, 5.41) is 7.09. The molecular weight excluding hydrogens is 386 g/mol. The van der Waals surface area contributed by atoms with Crippen molar-refractivity contribution in [2.45, 2.75) is 19.9 Å². The van der Waals surface area contributed by atoms with Crippen molar-refractivity contribution in [3.63, 3.8) is 0 Å². The van der Waals surface area contributed by atoms with Gasteiger partial charge in [0, 0.05) is 22.1 Å². The number of ether oxygens (including phenoxy) is 1. The van der Waals surface area contributed by atoms with E-state index in [1.807, 2.05) is 53.4 Å². The summed E-state index contributed by atoms with van der Waals surface area (Å²) in [5.74, 6) is 10.1. The Morgan fingerprint density at radius 3 is 2.55 bits per heavy atom. The summed E-state index contributed by atoms with van der Waals surface area (Å²) in [5.41, 5.74) is 3.51. The molecule has 0 aliphatic heterocycles. The summed E-state index contributed by atoms with van der Waals surface area (Å²) >= 11 is 1.61. The standard InChI is InChI=1S/C21H23N5O2S/c1-2-28-21(27)20-14-26(13-19-8-7-18(29-19)11-25-23)12-17(20)9-15-3-5-16(6-4-15)10-24-22/h3-8,10-12,14H,2,9,13,22-23H2,1H3/b24-10-,25-11-. The van der Waals surface area contributed by atoms with Gasteiger partial charge in [-0.25, -0.2) is 4.79 Å². The van der Waals surface area contributed by atoms with Gasteiger partial charge in [0.1, 0.15) is 0 Å². The Kier molecular flexibility index (Phi) is 6.80. The molecule has 1 aromatic carbocycles. The number of carbonyl (C=O) groups is 1. The average Bonchev–Trinajstić information content (AvgIpc) is 3.31. The van der Waals surface area contributed by atoms with Crippen LogP contribution in [0.4, 0.5) is 0 Å². The Balaban J connectivity index is 1.84. The van der Waals surface area contributed by atoms with E-state index in [2.05, 4.69) is 10.2 Å². The molecule has 2 aromatic heterocycles. The predicted molar refractivity (Wildman–Crippen MR) is 117 cm³/mol. The van der Waals surface area contributed by atoms with E-state index in [0.29, 0.717) is 25.1 Å². The van der Waals surface area contributed by atoms with Crippen molar-refractivity contribution in [2.75, 3.05) is 6.61 Å². The van der Waals surface area contributed by atoms with Crippen LogP contribution in [0.2, 0.25) is 0 Å². The van der Waals surface area contributed by atoms with Gasteiger partial charge in [-0.05, 0) is 42.2 Å². The number of hydrogen-bond acceptors (Lipinski definition) is 7. The molecule has 150 valence electrons. The number of nitrogens with zero attached hydrogens (tertiary/aromatic N) is 3. The van der Waals surface area contributed by atoms with Crippen LogP contribution in [0.1, 0.15) is 43.7 Å². The summed E-state index contributed by atoms with van der Waals surface area (Å²) in [7, 11) is 0. The van der Waals surface area contributed by atoms with Crippen molar-refractivity contribution in [1.82, 2.24) is 4.57 Å². The number of hydrazone groups is 2. The summed E-state index contributed by atoms with van der Waals surface area (Å²) in [6, 6.07) is 11.9. The van der Waals surface area contributed by atoms with Gasteiger partial charge < -0.3 is 21.0 Å². The number of carbonyl (C=O) groups excluding carboxylic acids is 1.